The van der Waals surface area contributed by atoms with E-state index in [9.17, 15) is 19.7 Å². The molecule has 8 heteroatoms. The number of carbonyl (C=O) groups is 2. The first-order valence-electron chi connectivity index (χ1n) is 7.40. The van der Waals surface area contributed by atoms with Gasteiger partial charge >= 0.3 is 0 Å². The van der Waals surface area contributed by atoms with Crippen LogP contribution in [-0.4, -0.2) is 30.5 Å². The molecule has 0 aromatic heterocycles. The number of hydrogen-bond donors (Lipinski definition) is 2. The van der Waals surface area contributed by atoms with Crippen LogP contribution in [0.1, 0.15) is 5.56 Å². The molecule has 0 aliphatic heterocycles. The number of benzene rings is 2. The predicted molar refractivity (Wildman–Crippen MR) is 92.4 cm³/mol. The fraction of sp³-hybridized carbons (Fsp3) is 0.176. The maximum absolute atomic E-state index is 12.1. The van der Waals surface area contributed by atoms with Gasteiger partial charge in [0, 0.05) is 30.1 Å². The lowest BCUT2D eigenvalue weighted by molar-refractivity contribution is -0.385. The van der Waals surface area contributed by atoms with Crippen molar-refractivity contribution in [2.45, 2.75) is 6.42 Å². The summed E-state index contributed by atoms with van der Waals surface area (Å²) in [7, 11) is 1.43. The standard InChI is InChI=1S/C17H17N3O5/c1-25-11-17(22)19-14-8-6-13(7-9-14)18-16(21)10-12-4-2-3-5-15(12)20(23)24/h2-9H,10-11H2,1H3,(H,18,21)(H,19,22). The van der Waals surface area contributed by atoms with E-state index in [0.29, 0.717) is 16.9 Å². The van der Waals surface area contributed by atoms with E-state index in [-0.39, 0.29) is 30.5 Å². The fourth-order valence-electron chi connectivity index (χ4n) is 2.18. The maximum Gasteiger partial charge on any atom is 0.273 e. The lowest BCUT2D eigenvalue weighted by atomic mass is 10.1. The van der Waals surface area contributed by atoms with Crippen LogP contribution >= 0.6 is 0 Å². The second-order valence-electron chi connectivity index (χ2n) is 5.17. The van der Waals surface area contributed by atoms with Gasteiger partial charge in [-0.05, 0) is 24.3 Å². The second-order valence-corrected chi connectivity index (χ2v) is 5.17. The molecular weight excluding hydrogens is 326 g/mol. The molecule has 2 amide bonds. The quantitative estimate of drug-likeness (QED) is 0.592. The van der Waals surface area contributed by atoms with Gasteiger partial charge < -0.3 is 15.4 Å². The Morgan fingerprint density at radius 1 is 1.00 bits per heavy atom. The number of rotatable bonds is 7. The predicted octanol–water partition coefficient (Wildman–Crippen LogP) is 2.36. The molecule has 25 heavy (non-hydrogen) atoms. The van der Waals surface area contributed by atoms with E-state index in [1.54, 1.807) is 42.5 Å². The van der Waals surface area contributed by atoms with Crippen molar-refractivity contribution in [3.8, 4) is 0 Å². The van der Waals surface area contributed by atoms with Crippen LogP contribution < -0.4 is 10.6 Å². The Labute approximate surface area is 144 Å². The zero-order chi connectivity index (χ0) is 18.2. The molecule has 130 valence electrons. The third kappa shape index (κ3) is 5.40. The smallest absolute Gasteiger partial charge is 0.273 e. The number of anilines is 2. The van der Waals surface area contributed by atoms with Gasteiger partial charge in [-0.15, -0.1) is 0 Å². The Morgan fingerprint density at radius 3 is 2.12 bits per heavy atom. The normalized spacial score (nSPS) is 10.1. The Bertz CT molecular complexity index is 774. The number of methoxy groups -OCH3 is 1. The lowest BCUT2D eigenvalue weighted by Gasteiger charge is -2.08. The zero-order valence-corrected chi connectivity index (χ0v) is 13.5. The van der Waals surface area contributed by atoms with E-state index in [4.69, 9.17) is 4.74 Å². The molecule has 0 aliphatic rings. The number of amides is 2. The Morgan fingerprint density at radius 2 is 1.56 bits per heavy atom. The Balaban J connectivity index is 1.97. The highest BCUT2D eigenvalue weighted by molar-refractivity contribution is 5.94. The van der Waals surface area contributed by atoms with Crippen molar-refractivity contribution in [1.29, 1.82) is 0 Å². The first-order chi connectivity index (χ1) is 12.0. The molecule has 0 fully saturated rings. The van der Waals surface area contributed by atoms with Crippen molar-refractivity contribution in [1.82, 2.24) is 0 Å². The second kappa shape index (κ2) is 8.55. The van der Waals surface area contributed by atoms with Crippen LogP contribution in [0.25, 0.3) is 0 Å². The number of para-hydroxylation sites is 1. The number of carbonyl (C=O) groups excluding carboxylic acids is 2. The summed E-state index contributed by atoms with van der Waals surface area (Å²) in [6.45, 7) is -0.0473. The van der Waals surface area contributed by atoms with Crippen molar-refractivity contribution in [2.75, 3.05) is 24.4 Å². The fourth-order valence-corrected chi connectivity index (χ4v) is 2.18. The summed E-state index contributed by atoms with van der Waals surface area (Å²) >= 11 is 0. The van der Waals surface area contributed by atoms with E-state index in [1.165, 1.54) is 13.2 Å². The van der Waals surface area contributed by atoms with Gasteiger partial charge in [-0.1, -0.05) is 18.2 Å². The van der Waals surface area contributed by atoms with E-state index in [1.807, 2.05) is 0 Å². The number of nitrogens with zero attached hydrogens (tertiary/aromatic N) is 1. The maximum atomic E-state index is 12.1. The minimum absolute atomic E-state index is 0.0473. The van der Waals surface area contributed by atoms with Crippen molar-refractivity contribution in [3.63, 3.8) is 0 Å². The largest absolute Gasteiger partial charge is 0.375 e. The van der Waals surface area contributed by atoms with Gasteiger partial charge in [0.05, 0.1) is 11.3 Å². The van der Waals surface area contributed by atoms with Gasteiger partial charge in [0.1, 0.15) is 6.61 Å². The van der Waals surface area contributed by atoms with E-state index in [2.05, 4.69) is 10.6 Å². The summed E-state index contributed by atoms with van der Waals surface area (Å²) in [5, 5.41) is 16.3. The monoisotopic (exact) mass is 343 g/mol. The number of hydrogen-bond acceptors (Lipinski definition) is 5. The third-order valence-corrected chi connectivity index (χ3v) is 3.27. The third-order valence-electron chi connectivity index (χ3n) is 3.27. The molecular formula is C17H17N3O5. The summed E-state index contributed by atoms with van der Waals surface area (Å²) in [4.78, 5) is 33.9. The molecule has 0 saturated carbocycles. The summed E-state index contributed by atoms with van der Waals surface area (Å²) < 4.78 is 4.72. The average Bonchev–Trinajstić information content (AvgIpc) is 2.57. The van der Waals surface area contributed by atoms with Gasteiger partial charge in [-0.2, -0.15) is 0 Å². The average molecular weight is 343 g/mol. The first kappa shape index (κ1) is 18.1. The molecule has 2 N–H and O–H groups in total. The van der Waals surface area contributed by atoms with Crippen molar-refractivity contribution >= 4 is 28.9 Å². The number of nitro benzene ring substituents is 1. The van der Waals surface area contributed by atoms with Crippen LogP contribution in [0.5, 0.6) is 0 Å². The molecule has 0 radical (unpaired) electrons. The van der Waals surface area contributed by atoms with Gasteiger partial charge in [0.15, 0.2) is 0 Å². The Kier molecular flexibility index (Phi) is 6.19. The van der Waals surface area contributed by atoms with E-state index >= 15 is 0 Å². The highest BCUT2D eigenvalue weighted by Gasteiger charge is 2.15. The van der Waals surface area contributed by atoms with Gasteiger partial charge in [-0.25, -0.2) is 0 Å². The first-order valence-corrected chi connectivity index (χ1v) is 7.40. The van der Waals surface area contributed by atoms with Gasteiger partial charge in [0.25, 0.3) is 5.69 Å². The number of ether oxygens (including phenoxy) is 1. The SMILES string of the molecule is COCC(=O)Nc1ccc(NC(=O)Cc2ccccc2[N+](=O)[O-])cc1. The van der Waals surface area contributed by atoms with Crippen LogP contribution in [0.2, 0.25) is 0 Å². The zero-order valence-electron chi connectivity index (χ0n) is 13.5. The summed E-state index contributed by atoms with van der Waals surface area (Å²) in [5.74, 6) is -0.652. The summed E-state index contributed by atoms with van der Waals surface area (Å²) in [5.41, 5.74) is 1.34. The van der Waals surface area contributed by atoms with Crippen LogP contribution in [0.15, 0.2) is 48.5 Å². The molecule has 8 nitrogen and oxygen atoms in total. The number of nitrogens with one attached hydrogen (secondary N) is 2. The van der Waals surface area contributed by atoms with Crippen molar-refractivity contribution in [2.24, 2.45) is 0 Å². The number of nitro groups is 1. The molecule has 0 heterocycles. The molecule has 0 bridgehead atoms. The van der Waals surface area contributed by atoms with Gasteiger partial charge in [-0.3, -0.25) is 19.7 Å². The molecule has 0 aliphatic carbocycles. The highest BCUT2D eigenvalue weighted by atomic mass is 16.6. The van der Waals surface area contributed by atoms with Crippen molar-refractivity contribution < 1.29 is 19.2 Å². The molecule has 2 rings (SSSR count). The molecule has 0 unspecified atom stereocenters. The van der Waals surface area contributed by atoms with Crippen molar-refractivity contribution in [3.05, 3.63) is 64.2 Å². The topological polar surface area (TPSA) is 111 Å². The minimum atomic E-state index is -0.514. The Hall–Kier alpha value is -3.26. The summed E-state index contributed by atoms with van der Waals surface area (Å²) in [6, 6.07) is 12.6. The lowest BCUT2D eigenvalue weighted by Crippen LogP contribution is -2.17. The molecule has 2 aromatic carbocycles. The molecule has 0 saturated heterocycles. The minimum Gasteiger partial charge on any atom is -0.375 e. The van der Waals surface area contributed by atoms with Crippen LogP contribution in [0, 0.1) is 10.1 Å². The van der Waals surface area contributed by atoms with E-state index in [0.717, 1.165) is 0 Å². The van der Waals surface area contributed by atoms with Crippen LogP contribution in [0.3, 0.4) is 0 Å². The van der Waals surface area contributed by atoms with E-state index < -0.39 is 4.92 Å². The molecule has 0 spiro atoms. The van der Waals surface area contributed by atoms with Crippen LogP contribution in [-0.2, 0) is 20.7 Å². The van der Waals surface area contributed by atoms with Gasteiger partial charge in [0.2, 0.25) is 11.8 Å². The highest BCUT2D eigenvalue weighted by Crippen LogP contribution is 2.19. The molecule has 2 aromatic rings. The van der Waals surface area contributed by atoms with Crippen LogP contribution in [0.4, 0.5) is 17.1 Å². The summed E-state index contributed by atoms with van der Waals surface area (Å²) in [6.07, 6.45) is -0.108. The molecule has 0 atom stereocenters.